The van der Waals surface area contributed by atoms with Crippen LogP contribution in [0, 0.1) is 12.7 Å². The first-order valence-electron chi connectivity index (χ1n) is 10.1. The van der Waals surface area contributed by atoms with Gasteiger partial charge < -0.3 is 9.88 Å². The Bertz CT molecular complexity index is 1320. The van der Waals surface area contributed by atoms with Gasteiger partial charge >= 0.3 is 0 Å². The van der Waals surface area contributed by atoms with Crippen molar-refractivity contribution in [3.63, 3.8) is 0 Å². The highest BCUT2D eigenvalue weighted by molar-refractivity contribution is 5.96. The van der Waals surface area contributed by atoms with Gasteiger partial charge in [-0.25, -0.2) is 9.37 Å². The van der Waals surface area contributed by atoms with Crippen LogP contribution in [0.3, 0.4) is 0 Å². The number of carbonyl (C=O) groups excluding carboxylic acids is 1. The molecular formula is C24H23FN4O2. The zero-order valence-electron chi connectivity index (χ0n) is 17.6. The Morgan fingerprint density at radius 2 is 1.90 bits per heavy atom. The van der Waals surface area contributed by atoms with Crippen LogP contribution in [0.1, 0.15) is 25.5 Å². The maximum Gasteiger partial charge on any atom is 0.278 e. The molecule has 0 aliphatic rings. The van der Waals surface area contributed by atoms with E-state index in [1.54, 1.807) is 34.6 Å². The summed E-state index contributed by atoms with van der Waals surface area (Å²) in [6, 6.07) is 13.8. The average molecular weight is 418 g/mol. The minimum atomic E-state index is -0.428. The van der Waals surface area contributed by atoms with Crippen molar-refractivity contribution in [3.05, 3.63) is 82.8 Å². The first-order chi connectivity index (χ1) is 14.8. The molecule has 0 fully saturated rings. The van der Waals surface area contributed by atoms with E-state index in [9.17, 15) is 14.0 Å². The largest absolute Gasteiger partial charge is 0.332 e. The molecule has 158 valence electrons. The molecule has 0 aliphatic carbocycles. The van der Waals surface area contributed by atoms with Crippen molar-refractivity contribution in [2.45, 2.75) is 33.4 Å². The molecule has 1 N–H and O–H groups in total. The molecule has 0 aliphatic heterocycles. The molecule has 1 amide bonds. The highest BCUT2D eigenvalue weighted by Crippen LogP contribution is 2.28. The molecular weight excluding hydrogens is 395 g/mol. The van der Waals surface area contributed by atoms with Crippen molar-refractivity contribution in [1.29, 1.82) is 0 Å². The second-order valence-electron chi connectivity index (χ2n) is 7.79. The van der Waals surface area contributed by atoms with Gasteiger partial charge in [-0.15, -0.1) is 0 Å². The van der Waals surface area contributed by atoms with E-state index in [1.807, 2.05) is 44.2 Å². The van der Waals surface area contributed by atoms with Crippen LogP contribution in [0.25, 0.3) is 22.2 Å². The third-order valence-corrected chi connectivity index (χ3v) is 5.23. The van der Waals surface area contributed by atoms with Gasteiger partial charge in [0.05, 0.1) is 6.33 Å². The average Bonchev–Trinajstić information content (AvgIpc) is 3.10. The summed E-state index contributed by atoms with van der Waals surface area (Å²) >= 11 is 0. The summed E-state index contributed by atoms with van der Waals surface area (Å²) in [5.41, 5.74) is 3.53. The number of fused-ring (bicyclic) bond motifs is 1. The van der Waals surface area contributed by atoms with Crippen LogP contribution in [0.15, 0.2) is 65.8 Å². The van der Waals surface area contributed by atoms with E-state index in [-0.39, 0.29) is 24.1 Å². The van der Waals surface area contributed by atoms with E-state index in [1.165, 1.54) is 12.1 Å². The molecule has 4 aromatic rings. The molecule has 2 aromatic carbocycles. The number of benzene rings is 2. The normalized spacial score (nSPS) is 11.3. The second kappa shape index (κ2) is 8.18. The number of nitrogens with zero attached hydrogens (tertiary/aromatic N) is 3. The van der Waals surface area contributed by atoms with Gasteiger partial charge in [0.1, 0.15) is 23.4 Å². The highest BCUT2D eigenvalue weighted by atomic mass is 19.1. The number of aryl methyl sites for hydroxylation is 1. The zero-order chi connectivity index (χ0) is 22.1. The number of hydrogen-bond acceptors (Lipinski definition) is 3. The van der Waals surface area contributed by atoms with Gasteiger partial charge in [-0.2, -0.15) is 0 Å². The third kappa shape index (κ3) is 3.99. The predicted molar refractivity (Wildman–Crippen MR) is 120 cm³/mol. The number of hydrogen-bond donors (Lipinski definition) is 1. The third-order valence-electron chi connectivity index (χ3n) is 5.23. The number of anilines is 1. The number of amides is 1. The van der Waals surface area contributed by atoms with Crippen molar-refractivity contribution >= 4 is 22.6 Å². The standard InChI is InChI=1S/C24H23FN4O2/c1-15(2)29-14-26-22-19(17-7-5-4-6-8-17)12-28(23(22)24(29)31)13-21(30)27-20-11-18(25)10-9-16(20)3/h4-12,14-15H,13H2,1-3H3,(H,27,30). The van der Waals surface area contributed by atoms with E-state index < -0.39 is 5.82 Å². The Labute approximate surface area is 179 Å². The quantitative estimate of drug-likeness (QED) is 0.518. The molecule has 0 atom stereocenters. The van der Waals surface area contributed by atoms with Crippen LogP contribution in [-0.4, -0.2) is 20.0 Å². The highest BCUT2D eigenvalue weighted by Gasteiger charge is 2.19. The van der Waals surface area contributed by atoms with Gasteiger partial charge in [-0.05, 0) is 44.0 Å². The molecule has 0 saturated carbocycles. The summed E-state index contributed by atoms with van der Waals surface area (Å²) in [4.78, 5) is 30.5. The van der Waals surface area contributed by atoms with Gasteiger partial charge in [0.2, 0.25) is 5.91 Å². The first kappa shape index (κ1) is 20.5. The molecule has 2 heterocycles. The molecule has 0 bridgehead atoms. The van der Waals surface area contributed by atoms with Crippen LogP contribution in [-0.2, 0) is 11.3 Å². The van der Waals surface area contributed by atoms with E-state index in [2.05, 4.69) is 10.3 Å². The van der Waals surface area contributed by atoms with Crippen LogP contribution in [0.4, 0.5) is 10.1 Å². The molecule has 7 heteroatoms. The lowest BCUT2D eigenvalue weighted by Gasteiger charge is -2.11. The van der Waals surface area contributed by atoms with Crippen LogP contribution >= 0.6 is 0 Å². The smallest absolute Gasteiger partial charge is 0.278 e. The van der Waals surface area contributed by atoms with Crippen LogP contribution in [0.5, 0.6) is 0 Å². The number of nitrogens with one attached hydrogen (secondary N) is 1. The van der Waals surface area contributed by atoms with E-state index >= 15 is 0 Å². The van der Waals surface area contributed by atoms with Gasteiger partial charge in [0.25, 0.3) is 5.56 Å². The van der Waals surface area contributed by atoms with E-state index in [0.717, 1.165) is 16.7 Å². The van der Waals surface area contributed by atoms with Crippen molar-refractivity contribution in [2.75, 3.05) is 5.32 Å². The minimum Gasteiger partial charge on any atom is -0.332 e. The Balaban J connectivity index is 1.79. The lowest BCUT2D eigenvalue weighted by Crippen LogP contribution is -2.26. The number of carbonyl (C=O) groups is 1. The maximum atomic E-state index is 13.6. The number of halogens is 1. The summed E-state index contributed by atoms with van der Waals surface area (Å²) in [5.74, 6) is -0.785. The zero-order valence-corrected chi connectivity index (χ0v) is 17.6. The molecule has 0 unspecified atom stereocenters. The molecule has 0 radical (unpaired) electrons. The topological polar surface area (TPSA) is 68.9 Å². The lowest BCUT2D eigenvalue weighted by atomic mass is 10.1. The Morgan fingerprint density at radius 3 is 2.61 bits per heavy atom. The van der Waals surface area contributed by atoms with Gasteiger partial charge in [0.15, 0.2) is 0 Å². The molecule has 0 spiro atoms. The fraction of sp³-hybridized carbons (Fsp3) is 0.208. The minimum absolute atomic E-state index is 0.0725. The fourth-order valence-corrected chi connectivity index (χ4v) is 3.59. The summed E-state index contributed by atoms with van der Waals surface area (Å²) in [6.45, 7) is 5.50. The van der Waals surface area contributed by atoms with Gasteiger partial charge in [0, 0.05) is 23.5 Å². The van der Waals surface area contributed by atoms with E-state index in [0.29, 0.717) is 16.7 Å². The van der Waals surface area contributed by atoms with Crippen LogP contribution < -0.4 is 10.9 Å². The van der Waals surface area contributed by atoms with Crippen LogP contribution in [0.2, 0.25) is 0 Å². The predicted octanol–water partition coefficient (Wildman–Crippen LogP) is 4.53. The summed E-state index contributed by atoms with van der Waals surface area (Å²) < 4.78 is 16.8. The molecule has 2 aromatic heterocycles. The fourth-order valence-electron chi connectivity index (χ4n) is 3.59. The SMILES string of the molecule is Cc1ccc(F)cc1NC(=O)Cn1cc(-c2ccccc2)c2ncn(C(C)C)c(=O)c21. The Kier molecular flexibility index (Phi) is 5.42. The van der Waals surface area contributed by atoms with Crippen molar-refractivity contribution < 1.29 is 9.18 Å². The monoisotopic (exact) mass is 418 g/mol. The van der Waals surface area contributed by atoms with Gasteiger partial charge in [-0.1, -0.05) is 36.4 Å². The lowest BCUT2D eigenvalue weighted by molar-refractivity contribution is -0.116. The summed E-state index contributed by atoms with van der Waals surface area (Å²) in [6.07, 6.45) is 3.32. The summed E-state index contributed by atoms with van der Waals surface area (Å²) in [5, 5.41) is 2.74. The summed E-state index contributed by atoms with van der Waals surface area (Å²) in [7, 11) is 0. The first-order valence-corrected chi connectivity index (χ1v) is 10.1. The molecule has 0 saturated heterocycles. The Morgan fingerprint density at radius 1 is 1.16 bits per heavy atom. The van der Waals surface area contributed by atoms with E-state index in [4.69, 9.17) is 0 Å². The second-order valence-corrected chi connectivity index (χ2v) is 7.79. The van der Waals surface area contributed by atoms with Crippen molar-refractivity contribution in [2.24, 2.45) is 0 Å². The molecule has 31 heavy (non-hydrogen) atoms. The van der Waals surface area contributed by atoms with Crippen molar-refractivity contribution in [3.8, 4) is 11.1 Å². The van der Waals surface area contributed by atoms with Gasteiger partial charge in [-0.3, -0.25) is 14.2 Å². The molecule has 6 nitrogen and oxygen atoms in total. The molecule has 4 rings (SSSR count). The number of aromatic nitrogens is 3. The maximum absolute atomic E-state index is 13.6. The Hall–Kier alpha value is -3.74. The van der Waals surface area contributed by atoms with Crippen molar-refractivity contribution in [1.82, 2.24) is 14.1 Å². The number of rotatable bonds is 5.